The van der Waals surface area contributed by atoms with Gasteiger partial charge < -0.3 is 18.4 Å². The Bertz CT molecular complexity index is 259. The molecule has 6 heteroatoms. The van der Waals surface area contributed by atoms with Gasteiger partial charge in [-0.15, -0.1) is 0 Å². The lowest BCUT2D eigenvalue weighted by atomic mass is 10.5. The summed E-state index contributed by atoms with van der Waals surface area (Å²) in [5.41, 5.74) is 0. The van der Waals surface area contributed by atoms with Crippen LogP contribution in [0.4, 0.5) is 0 Å². The first-order valence-electron chi connectivity index (χ1n) is 5.92. The fourth-order valence-corrected chi connectivity index (χ4v) is 1.18. The van der Waals surface area contributed by atoms with Gasteiger partial charge in [0.05, 0.1) is 42.3 Å². The van der Waals surface area contributed by atoms with E-state index in [9.17, 15) is 9.59 Å². The van der Waals surface area contributed by atoms with E-state index in [1.54, 1.807) is 0 Å². The van der Waals surface area contributed by atoms with Gasteiger partial charge in [0.25, 0.3) is 0 Å². The van der Waals surface area contributed by atoms with Crippen molar-refractivity contribution in [1.29, 1.82) is 0 Å². The summed E-state index contributed by atoms with van der Waals surface area (Å²) in [6.45, 7) is 0.823. The zero-order valence-corrected chi connectivity index (χ0v) is 12.4. The predicted octanol–water partition coefficient (Wildman–Crippen LogP) is -0.515. The first-order valence-corrected chi connectivity index (χ1v) is 5.92. The largest absolute Gasteiger partial charge is 0.458 e. The maximum atomic E-state index is 11.4. The smallest absolute Gasteiger partial charge is 0.361 e. The second kappa shape index (κ2) is 6.70. The number of carbonyl (C=O) groups excluding carboxylic acids is 2. The zero-order valence-electron chi connectivity index (χ0n) is 12.4. The van der Waals surface area contributed by atoms with Crippen molar-refractivity contribution in [2.24, 2.45) is 0 Å². The third-order valence-corrected chi connectivity index (χ3v) is 1.82. The van der Waals surface area contributed by atoms with Gasteiger partial charge in [0.2, 0.25) is 0 Å². The second-order valence-corrected chi connectivity index (χ2v) is 6.34. The molecule has 0 N–H and O–H groups in total. The molecule has 0 aromatic rings. The minimum Gasteiger partial charge on any atom is -0.458 e. The Morgan fingerprint density at radius 1 is 0.722 bits per heavy atom. The van der Waals surface area contributed by atoms with Crippen LogP contribution in [0.1, 0.15) is 0 Å². The van der Waals surface area contributed by atoms with Crippen LogP contribution in [0.3, 0.4) is 0 Å². The van der Waals surface area contributed by atoms with E-state index in [-0.39, 0.29) is 25.2 Å². The number of esters is 2. The average molecular weight is 262 g/mol. The molecule has 0 aromatic carbocycles. The monoisotopic (exact) mass is 262 g/mol. The molecule has 0 bridgehead atoms. The highest BCUT2D eigenvalue weighted by molar-refractivity contribution is 5.71. The van der Waals surface area contributed by atoms with Gasteiger partial charge in [-0.3, -0.25) is 0 Å². The molecule has 0 amide bonds. The van der Waals surface area contributed by atoms with E-state index in [4.69, 9.17) is 9.47 Å². The number of carbonyl (C=O) groups is 2. The number of ether oxygens (including phenoxy) is 2. The zero-order chi connectivity index (χ0) is 14.4. The minimum absolute atomic E-state index is 0.113. The van der Waals surface area contributed by atoms with Crippen molar-refractivity contribution in [1.82, 2.24) is 0 Å². The second-order valence-electron chi connectivity index (χ2n) is 6.34. The van der Waals surface area contributed by atoms with Crippen molar-refractivity contribution < 1.29 is 28.0 Å². The van der Waals surface area contributed by atoms with Gasteiger partial charge in [-0.25, -0.2) is 9.59 Å². The summed E-state index contributed by atoms with van der Waals surface area (Å²) < 4.78 is 11.0. The van der Waals surface area contributed by atoms with E-state index in [1.807, 2.05) is 42.3 Å². The third kappa shape index (κ3) is 11.3. The van der Waals surface area contributed by atoms with Crippen molar-refractivity contribution in [3.63, 3.8) is 0 Å². The Labute approximate surface area is 109 Å². The lowest BCUT2D eigenvalue weighted by molar-refractivity contribution is -0.862. The summed E-state index contributed by atoms with van der Waals surface area (Å²) in [5.74, 6) is -0.574. The van der Waals surface area contributed by atoms with Gasteiger partial charge in [0.15, 0.2) is 13.1 Å². The van der Waals surface area contributed by atoms with Crippen LogP contribution >= 0.6 is 0 Å². The van der Waals surface area contributed by atoms with Crippen LogP contribution in [0.2, 0.25) is 0 Å². The summed E-state index contributed by atoms with van der Waals surface area (Å²) in [6.07, 6.45) is 0. The van der Waals surface area contributed by atoms with Gasteiger partial charge in [0, 0.05) is 0 Å². The Morgan fingerprint density at radius 2 is 1.00 bits per heavy atom. The topological polar surface area (TPSA) is 52.6 Å². The number of hydrogen-bond donors (Lipinski definition) is 0. The lowest BCUT2D eigenvalue weighted by Crippen LogP contribution is -2.41. The molecule has 0 radical (unpaired) electrons. The van der Waals surface area contributed by atoms with Crippen molar-refractivity contribution in [3.8, 4) is 0 Å². The van der Waals surface area contributed by atoms with Gasteiger partial charge in [0.1, 0.15) is 13.2 Å². The molecule has 6 nitrogen and oxygen atoms in total. The Morgan fingerprint density at radius 3 is 1.22 bits per heavy atom. The maximum absolute atomic E-state index is 11.4. The Hall–Kier alpha value is -1.14. The molecule has 0 aromatic heterocycles. The summed E-state index contributed by atoms with van der Waals surface area (Å²) in [7, 11) is 11.4. The van der Waals surface area contributed by atoms with E-state index in [0.29, 0.717) is 22.1 Å². The fraction of sp³-hybridized carbons (Fsp3) is 0.833. The Kier molecular flexibility index (Phi) is 6.28. The molecule has 0 atom stereocenters. The van der Waals surface area contributed by atoms with Crippen molar-refractivity contribution in [2.45, 2.75) is 0 Å². The summed E-state index contributed by atoms with van der Waals surface area (Å²) in [4.78, 5) is 22.7. The molecular formula is C12H26N2O4+2. The number of nitrogens with zero attached hydrogens (tertiary/aromatic N) is 2. The van der Waals surface area contributed by atoms with E-state index in [2.05, 4.69) is 0 Å². The van der Waals surface area contributed by atoms with Crippen LogP contribution in [0, 0.1) is 0 Å². The van der Waals surface area contributed by atoms with Gasteiger partial charge in [-0.2, -0.15) is 0 Å². The summed E-state index contributed by atoms with van der Waals surface area (Å²) in [6, 6.07) is 0. The van der Waals surface area contributed by atoms with Crippen LogP contribution in [0.25, 0.3) is 0 Å². The number of rotatable bonds is 7. The molecule has 0 fully saturated rings. The van der Waals surface area contributed by atoms with Crippen LogP contribution in [-0.2, 0) is 19.1 Å². The van der Waals surface area contributed by atoms with Gasteiger partial charge >= 0.3 is 11.9 Å². The molecule has 0 aliphatic heterocycles. The molecule has 106 valence electrons. The molecule has 0 saturated carbocycles. The van der Waals surface area contributed by atoms with Crippen LogP contribution in [0.5, 0.6) is 0 Å². The SMILES string of the molecule is C[N+](C)(C)CC(=O)OCCOC(=O)C[N+](C)(C)C. The molecule has 0 rings (SSSR count). The fourth-order valence-electron chi connectivity index (χ4n) is 1.18. The normalized spacial score (nSPS) is 12.1. The molecule has 0 spiro atoms. The quantitative estimate of drug-likeness (QED) is 0.352. The molecular weight excluding hydrogens is 236 g/mol. The summed E-state index contributed by atoms with van der Waals surface area (Å²) in [5, 5.41) is 0. The van der Waals surface area contributed by atoms with Crippen LogP contribution in [0.15, 0.2) is 0 Å². The lowest BCUT2D eigenvalue weighted by Gasteiger charge is -2.23. The maximum Gasteiger partial charge on any atom is 0.361 e. The standard InChI is InChI=1S/C12H26N2O4/c1-13(2,3)9-11(15)17-7-8-18-12(16)10-14(4,5)6/h7-10H2,1-6H3/q+2. The van der Waals surface area contributed by atoms with Crippen LogP contribution < -0.4 is 0 Å². The van der Waals surface area contributed by atoms with E-state index in [1.165, 1.54) is 0 Å². The highest BCUT2D eigenvalue weighted by atomic mass is 16.6. The van der Waals surface area contributed by atoms with Crippen molar-refractivity contribution >= 4 is 11.9 Å². The Balaban J connectivity index is 3.69. The molecule has 18 heavy (non-hydrogen) atoms. The molecule has 0 heterocycles. The van der Waals surface area contributed by atoms with Gasteiger partial charge in [-0.05, 0) is 0 Å². The molecule has 0 aliphatic carbocycles. The summed E-state index contributed by atoms with van der Waals surface area (Å²) >= 11 is 0. The van der Waals surface area contributed by atoms with E-state index < -0.39 is 0 Å². The number of quaternary nitrogens is 2. The average Bonchev–Trinajstić information content (AvgIpc) is 2.06. The van der Waals surface area contributed by atoms with Crippen molar-refractivity contribution in [3.05, 3.63) is 0 Å². The minimum atomic E-state index is -0.287. The molecule has 0 unspecified atom stereocenters. The van der Waals surface area contributed by atoms with E-state index >= 15 is 0 Å². The molecule has 0 aliphatic rings. The number of hydrogen-bond acceptors (Lipinski definition) is 4. The van der Waals surface area contributed by atoms with E-state index in [0.717, 1.165) is 0 Å². The predicted molar refractivity (Wildman–Crippen MR) is 67.7 cm³/mol. The van der Waals surface area contributed by atoms with Crippen molar-refractivity contribution in [2.75, 3.05) is 68.6 Å². The number of likely N-dealkylation sites (N-methyl/N-ethyl adjacent to an activating group) is 2. The first kappa shape index (κ1) is 16.9. The molecule has 0 saturated heterocycles. The van der Waals surface area contributed by atoms with Gasteiger partial charge in [-0.1, -0.05) is 0 Å². The first-order chi connectivity index (χ1) is 7.99. The third-order valence-electron chi connectivity index (χ3n) is 1.82. The highest BCUT2D eigenvalue weighted by Crippen LogP contribution is 1.94. The van der Waals surface area contributed by atoms with Crippen LogP contribution in [-0.4, -0.2) is 89.5 Å². The highest BCUT2D eigenvalue weighted by Gasteiger charge is 2.17.